The second-order valence-electron chi connectivity index (χ2n) is 3.70. The van der Waals surface area contributed by atoms with Gasteiger partial charge in [0.2, 0.25) is 5.96 Å². The van der Waals surface area contributed by atoms with Gasteiger partial charge in [-0.2, -0.15) is 5.10 Å². The molecule has 0 aliphatic rings. The maximum absolute atomic E-state index is 9.87. The van der Waals surface area contributed by atoms with E-state index in [1.807, 2.05) is 6.07 Å². The van der Waals surface area contributed by atoms with Crippen LogP contribution < -0.4 is 16.1 Å². The Balaban J connectivity index is 2.85. The molecule has 0 saturated carbocycles. The second kappa shape index (κ2) is 6.48. The molecule has 6 heteroatoms. The molecule has 98 valence electrons. The molecule has 0 unspecified atom stereocenters. The summed E-state index contributed by atoms with van der Waals surface area (Å²) in [6.45, 7) is 5.89. The zero-order valence-corrected chi connectivity index (χ0v) is 10.6. The van der Waals surface area contributed by atoms with E-state index in [-0.39, 0.29) is 11.7 Å². The first-order valence-corrected chi connectivity index (χ1v) is 5.79. The van der Waals surface area contributed by atoms with Gasteiger partial charge in [0.15, 0.2) is 0 Å². The lowest BCUT2D eigenvalue weighted by Crippen LogP contribution is -2.25. The van der Waals surface area contributed by atoms with E-state index in [9.17, 15) is 5.11 Å². The van der Waals surface area contributed by atoms with Crippen LogP contribution in [0, 0.1) is 5.41 Å². The smallest absolute Gasteiger partial charge is 0.206 e. The average Bonchev–Trinajstić information content (AvgIpc) is 2.33. The number of hydrazone groups is 1. The Morgan fingerprint density at radius 1 is 1.50 bits per heavy atom. The standard InChI is InChI=1S/C12H19N5O/c1-3-17(4-2)10-6-5-9(11(18)7-10)8-15-16-12(13)14/h5-8,18H,3-4H2,1-2H3,(H4,13,14,16)/b15-8+. The fourth-order valence-corrected chi connectivity index (χ4v) is 1.60. The number of anilines is 1. The normalized spacial score (nSPS) is 10.6. The van der Waals surface area contributed by atoms with Crippen LogP contribution >= 0.6 is 0 Å². The van der Waals surface area contributed by atoms with Gasteiger partial charge < -0.3 is 15.7 Å². The van der Waals surface area contributed by atoms with E-state index in [4.69, 9.17) is 11.1 Å². The average molecular weight is 249 g/mol. The Morgan fingerprint density at radius 2 is 2.17 bits per heavy atom. The number of hydrogen-bond donors (Lipinski definition) is 4. The number of aromatic hydroxyl groups is 1. The van der Waals surface area contributed by atoms with Crippen molar-refractivity contribution in [1.82, 2.24) is 5.43 Å². The number of guanidine groups is 1. The largest absolute Gasteiger partial charge is 0.507 e. The van der Waals surface area contributed by atoms with Crippen LogP contribution in [-0.2, 0) is 0 Å². The van der Waals surface area contributed by atoms with Gasteiger partial charge in [-0.05, 0) is 26.0 Å². The molecule has 1 aromatic carbocycles. The monoisotopic (exact) mass is 249 g/mol. The van der Waals surface area contributed by atoms with Crippen molar-refractivity contribution in [1.29, 1.82) is 5.41 Å². The lowest BCUT2D eigenvalue weighted by Gasteiger charge is -2.21. The van der Waals surface area contributed by atoms with Gasteiger partial charge in [0.1, 0.15) is 5.75 Å². The highest BCUT2D eigenvalue weighted by molar-refractivity contribution is 5.85. The molecule has 0 bridgehead atoms. The Hall–Kier alpha value is -2.24. The van der Waals surface area contributed by atoms with Crippen molar-refractivity contribution >= 4 is 17.9 Å². The Labute approximate surface area is 107 Å². The van der Waals surface area contributed by atoms with Gasteiger partial charge in [-0.3, -0.25) is 5.41 Å². The van der Waals surface area contributed by atoms with Crippen molar-refractivity contribution in [2.45, 2.75) is 13.8 Å². The number of phenols is 1. The summed E-state index contributed by atoms with van der Waals surface area (Å²) >= 11 is 0. The molecule has 0 atom stereocenters. The van der Waals surface area contributed by atoms with Gasteiger partial charge in [-0.1, -0.05) is 0 Å². The van der Waals surface area contributed by atoms with E-state index in [1.165, 1.54) is 6.21 Å². The van der Waals surface area contributed by atoms with E-state index < -0.39 is 0 Å². The van der Waals surface area contributed by atoms with Gasteiger partial charge in [-0.15, -0.1) is 0 Å². The number of benzene rings is 1. The molecule has 0 saturated heterocycles. The minimum atomic E-state index is -0.245. The second-order valence-corrected chi connectivity index (χ2v) is 3.70. The fraction of sp³-hybridized carbons (Fsp3) is 0.333. The molecular weight excluding hydrogens is 230 g/mol. The Kier molecular flexibility index (Phi) is 4.98. The maximum Gasteiger partial charge on any atom is 0.206 e. The Morgan fingerprint density at radius 3 is 2.67 bits per heavy atom. The first-order chi connectivity index (χ1) is 8.58. The lowest BCUT2D eigenvalue weighted by atomic mass is 10.2. The van der Waals surface area contributed by atoms with Crippen LogP contribution in [0.1, 0.15) is 19.4 Å². The van der Waals surface area contributed by atoms with Crippen LogP contribution in [0.25, 0.3) is 0 Å². The zero-order valence-electron chi connectivity index (χ0n) is 10.6. The summed E-state index contributed by atoms with van der Waals surface area (Å²) in [4.78, 5) is 2.13. The zero-order chi connectivity index (χ0) is 13.5. The van der Waals surface area contributed by atoms with Gasteiger partial charge in [-0.25, -0.2) is 5.43 Å². The Bertz CT molecular complexity index is 440. The first-order valence-electron chi connectivity index (χ1n) is 5.79. The third-order valence-corrected chi connectivity index (χ3v) is 2.53. The lowest BCUT2D eigenvalue weighted by molar-refractivity contribution is 0.474. The molecule has 0 heterocycles. The third-order valence-electron chi connectivity index (χ3n) is 2.53. The summed E-state index contributed by atoms with van der Waals surface area (Å²) in [5, 5.41) is 20.5. The van der Waals surface area contributed by atoms with Gasteiger partial charge in [0.05, 0.1) is 6.21 Å². The molecule has 1 rings (SSSR count). The minimum Gasteiger partial charge on any atom is -0.507 e. The molecule has 0 fully saturated rings. The molecule has 1 aromatic rings. The molecule has 0 radical (unpaired) electrons. The number of hydrogen-bond acceptors (Lipinski definition) is 4. The summed E-state index contributed by atoms with van der Waals surface area (Å²) in [5.41, 5.74) is 8.91. The SMILES string of the molecule is CCN(CC)c1ccc(/C=N/NC(=N)N)c(O)c1. The molecule has 5 N–H and O–H groups in total. The van der Waals surface area contributed by atoms with Gasteiger partial charge >= 0.3 is 0 Å². The van der Waals surface area contributed by atoms with Crippen molar-refractivity contribution in [2.75, 3.05) is 18.0 Å². The molecule has 18 heavy (non-hydrogen) atoms. The van der Waals surface area contributed by atoms with E-state index in [0.717, 1.165) is 18.8 Å². The van der Waals surface area contributed by atoms with Crippen LogP contribution in [0.5, 0.6) is 5.75 Å². The van der Waals surface area contributed by atoms with Crippen molar-refractivity contribution < 1.29 is 5.11 Å². The number of rotatable bonds is 5. The highest BCUT2D eigenvalue weighted by Crippen LogP contribution is 2.23. The summed E-state index contributed by atoms with van der Waals surface area (Å²) in [7, 11) is 0. The molecule has 0 aromatic heterocycles. The summed E-state index contributed by atoms with van der Waals surface area (Å²) in [5.74, 6) is -0.0981. The molecule has 0 aliphatic heterocycles. The van der Waals surface area contributed by atoms with Crippen LogP contribution in [-0.4, -0.2) is 30.4 Å². The fourth-order valence-electron chi connectivity index (χ4n) is 1.60. The summed E-state index contributed by atoms with van der Waals surface area (Å²) in [6, 6.07) is 5.39. The van der Waals surface area contributed by atoms with Gasteiger partial charge in [0.25, 0.3) is 0 Å². The van der Waals surface area contributed by atoms with Crippen LogP contribution in [0.2, 0.25) is 0 Å². The quantitative estimate of drug-likeness (QED) is 0.356. The first kappa shape index (κ1) is 13.8. The van der Waals surface area contributed by atoms with Crippen LogP contribution in [0.4, 0.5) is 5.69 Å². The summed E-state index contributed by atoms with van der Waals surface area (Å²) in [6.07, 6.45) is 1.42. The predicted molar refractivity (Wildman–Crippen MR) is 74.3 cm³/mol. The molecular formula is C12H19N5O. The molecule has 6 nitrogen and oxygen atoms in total. The van der Waals surface area contributed by atoms with Crippen LogP contribution in [0.15, 0.2) is 23.3 Å². The number of phenolic OH excluding ortho intramolecular Hbond substituents is 1. The molecule has 0 aliphatic carbocycles. The molecule has 0 amide bonds. The van der Waals surface area contributed by atoms with E-state index in [1.54, 1.807) is 12.1 Å². The van der Waals surface area contributed by atoms with Crippen molar-refractivity contribution in [3.05, 3.63) is 23.8 Å². The maximum atomic E-state index is 9.87. The third kappa shape index (κ3) is 3.65. The number of nitrogens with two attached hydrogens (primary N) is 1. The van der Waals surface area contributed by atoms with Crippen molar-refractivity contribution in [3.63, 3.8) is 0 Å². The highest BCUT2D eigenvalue weighted by atomic mass is 16.3. The number of nitrogens with zero attached hydrogens (tertiary/aromatic N) is 2. The number of nitrogens with one attached hydrogen (secondary N) is 2. The molecule has 0 spiro atoms. The predicted octanol–water partition coefficient (Wildman–Crippen LogP) is 1.06. The van der Waals surface area contributed by atoms with Crippen molar-refractivity contribution in [2.24, 2.45) is 10.8 Å². The van der Waals surface area contributed by atoms with E-state index in [2.05, 4.69) is 29.3 Å². The van der Waals surface area contributed by atoms with E-state index >= 15 is 0 Å². The minimum absolute atomic E-state index is 0.147. The summed E-state index contributed by atoms with van der Waals surface area (Å²) < 4.78 is 0. The van der Waals surface area contributed by atoms with Crippen LogP contribution in [0.3, 0.4) is 0 Å². The van der Waals surface area contributed by atoms with Gasteiger partial charge in [0, 0.05) is 30.4 Å². The van der Waals surface area contributed by atoms with Crippen molar-refractivity contribution in [3.8, 4) is 5.75 Å². The van der Waals surface area contributed by atoms with E-state index in [0.29, 0.717) is 5.56 Å². The highest BCUT2D eigenvalue weighted by Gasteiger charge is 2.05. The topological polar surface area (TPSA) is 97.7 Å².